The minimum atomic E-state index is -3.97. The molecule has 14 nitrogen and oxygen atoms in total. The fourth-order valence-electron chi connectivity index (χ4n) is 8.25. The third-order valence-electron chi connectivity index (χ3n) is 12.3. The monoisotopic (exact) mass is 1050 g/mol. The molecule has 1 aromatic carbocycles. The van der Waals surface area contributed by atoms with Gasteiger partial charge in [-0.15, -0.1) is 0 Å². The molecule has 0 aromatic heterocycles. The number of hydrogen-bond acceptors (Lipinski definition) is 12. The van der Waals surface area contributed by atoms with Crippen molar-refractivity contribution >= 4 is 51.2 Å². The Labute approximate surface area is 442 Å². The summed E-state index contributed by atoms with van der Waals surface area (Å²) in [5.41, 5.74) is -1.11. The molecule has 0 heterocycles. The molecule has 1 unspecified atom stereocenters. The summed E-state index contributed by atoms with van der Waals surface area (Å²) in [6, 6.07) is 4.64. The zero-order chi connectivity index (χ0) is 54.4. The van der Waals surface area contributed by atoms with Crippen LogP contribution in [0.3, 0.4) is 0 Å². The van der Waals surface area contributed by atoms with E-state index in [1.165, 1.54) is 140 Å². The molecule has 0 aliphatic rings. The van der Waals surface area contributed by atoms with Crippen molar-refractivity contribution in [1.82, 2.24) is 5.32 Å². The number of anilines is 1. The summed E-state index contributed by atoms with van der Waals surface area (Å²) in [4.78, 5) is 77.3. The Kier molecular flexibility index (Phi) is 36.2. The molecule has 0 saturated heterocycles. The molecule has 0 spiro atoms. The number of benzene rings is 1. The van der Waals surface area contributed by atoms with Gasteiger partial charge in [0.2, 0.25) is 5.91 Å². The van der Waals surface area contributed by atoms with Crippen LogP contribution in [0.4, 0.5) is 5.69 Å². The molecule has 73 heavy (non-hydrogen) atoms. The minimum Gasteiger partial charge on any atom is -0.462 e. The summed E-state index contributed by atoms with van der Waals surface area (Å²) in [5.74, 6) is -4.63. The smallest absolute Gasteiger partial charge is 0.329 e. The Morgan fingerprint density at radius 3 is 1.38 bits per heavy atom. The van der Waals surface area contributed by atoms with Gasteiger partial charge in [-0.1, -0.05) is 168 Å². The van der Waals surface area contributed by atoms with Crippen LogP contribution in [0.1, 0.15) is 265 Å². The topological polar surface area (TPSA) is 198 Å². The van der Waals surface area contributed by atoms with Crippen LogP contribution in [0.5, 0.6) is 0 Å². The van der Waals surface area contributed by atoms with Crippen molar-refractivity contribution in [2.45, 2.75) is 278 Å². The van der Waals surface area contributed by atoms with Crippen LogP contribution < -0.4 is 10.6 Å². The number of unbranched alkanes of at least 4 members (excludes halogenated alkanes) is 24. The molecule has 1 rings (SSSR count). The van der Waals surface area contributed by atoms with Gasteiger partial charge < -0.3 is 29.6 Å². The van der Waals surface area contributed by atoms with E-state index in [9.17, 15) is 37.2 Å². The van der Waals surface area contributed by atoms with Crippen molar-refractivity contribution in [2.24, 2.45) is 0 Å². The summed E-state index contributed by atoms with van der Waals surface area (Å²) in [6.07, 6.45) is 28.9. The number of amides is 2. The number of hydrogen-bond donors (Lipinski definition) is 2. The molecule has 0 radical (unpaired) electrons. The third kappa shape index (κ3) is 39.1. The van der Waals surface area contributed by atoms with Gasteiger partial charge in [-0.05, 0) is 85.1 Å². The van der Waals surface area contributed by atoms with E-state index in [1.54, 1.807) is 41.5 Å². The second-order valence-corrected chi connectivity index (χ2v) is 24.2. The average Bonchev–Trinajstić information content (AvgIpc) is 3.30. The Morgan fingerprint density at radius 1 is 0.521 bits per heavy atom. The van der Waals surface area contributed by atoms with E-state index in [0.717, 1.165) is 38.5 Å². The van der Waals surface area contributed by atoms with Gasteiger partial charge in [-0.2, -0.15) is 0 Å². The lowest BCUT2D eigenvalue weighted by molar-refractivity contribution is -0.158. The van der Waals surface area contributed by atoms with Gasteiger partial charge in [0.1, 0.15) is 30.0 Å². The molecule has 0 aliphatic heterocycles. The van der Waals surface area contributed by atoms with Crippen LogP contribution in [-0.2, 0) is 52.8 Å². The molecular weight excluding hydrogens is 949 g/mol. The largest absolute Gasteiger partial charge is 0.462 e. The number of ether oxygens (including phenoxy) is 4. The van der Waals surface area contributed by atoms with E-state index in [2.05, 4.69) is 24.5 Å². The molecule has 2 atom stereocenters. The number of carbonyl (C=O) groups is 6. The van der Waals surface area contributed by atoms with Crippen molar-refractivity contribution in [3.8, 4) is 0 Å². The normalized spacial score (nSPS) is 12.7. The summed E-state index contributed by atoms with van der Waals surface area (Å²) in [7, 11) is -3.97. The summed E-state index contributed by atoms with van der Waals surface area (Å²) in [6.45, 7) is 14.3. The number of sulfone groups is 1. The molecular formula is C58H100N2O12S. The van der Waals surface area contributed by atoms with Gasteiger partial charge in [0.05, 0.1) is 11.5 Å². The van der Waals surface area contributed by atoms with E-state index >= 15 is 0 Å². The van der Waals surface area contributed by atoms with Gasteiger partial charge in [0, 0.05) is 36.9 Å². The molecule has 1 aromatic rings. The highest BCUT2D eigenvalue weighted by Gasteiger charge is 2.29. The minimum absolute atomic E-state index is 0.0556. The second-order valence-electron chi connectivity index (χ2n) is 22.0. The van der Waals surface area contributed by atoms with Crippen molar-refractivity contribution in [2.75, 3.05) is 23.4 Å². The Hall–Kier alpha value is -4.01. The number of carbonyl (C=O) groups excluding carboxylic acids is 6. The van der Waals surface area contributed by atoms with Crippen molar-refractivity contribution < 1.29 is 56.1 Å². The van der Waals surface area contributed by atoms with Crippen LogP contribution in [0.2, 0.25) is 0 Å². The molecule has 0 fully saturated rings. The van der Waals surface area contributed by atoms with Crippen LogP contribution in [0.15, 0.2) is 24.3 Å². The fraction of sp³-hybridized carbons (Fsp3) is 0.793. The van der Waals surface area contributed by atoms with Crippen molar-refractivity contribution in [3.63, 3.8) is 0 Å². The van der Waals surface area contributed by atoms with E-state index < -0.39 is 93.4 Å². The average molecular weight is 1050 g/mol. The predicted molar refractivity (Wildman–Crippen MR) is 292 cm³/mol. The standard InChI is InChI=1S/C58H100N2O12S/c1-9-11-13-15-17-19-21-23-25-27-29-31-33-35-52(62)69-45-49(70-53(63)36-34-32-30-28-26-24-22-20-18-16-14-12-10-2)46-73(67,68)44-43-51(61)59-48-39-37-47(38-40-48)55(65)60-50(56(66)72-58(6,7)8)41-42-54(64)71-57(3,4)5/h37-40,49-50H,9-36,41-46H2,1-8H3,(H,59,61)(H,60,65)/t49?,50-/m0/s1. The molecule has 0 saturated carbocycles. The summed E-state index contributed by atoms with van der Waals surface area (Å²) in [5, 5.41) is 5.27. The van der Waals surface area contributed by atoms with Crippen molar-refractivity contribution in [1.29, 1.82) is 0 Å². The van der Waals surface area contributed by atoms with Gasteiger partial charge in [-0.3, -0.25) is 24.0 Å². The van der Waals surface area contributed by atoms with Crippen LogP contribution in [0, 0.1) is 0 Å². The third-order valence-corrected chi connectivity index (χ3v) is 14.0. The predicted octanol–water partition coefficient (Wildman–Crippen LogP) is 13.4. The lowest BCUT2D eigenvalue weighted by atomic mass is 10.0. The maximum atomic E-state index is 13.4. The Bertz CT molecular complexity index is 1800. The maximum Gasteiger partial charge on any atom is 0.329 e. The molecule has 15 heteroatoms. The highest BCUT2D eigenvalue weighted by atomic mass is 32.2. The zero-order valence-electron chi connectivity index (χ0n) is 46.8. The first-order valence-electron chi connectivity index (χ1n) is 28.3. The molecule has 0 bridgehead atoms. The van der Waals surface area contributed by atoms with Gasteiger partial charge in [0.15, 0.2) is 9.84 Å². The fourth-order valence-corrected chi connectivity index (χ4v) is 9.65. The second kappa shape index (κ2) is 39.4. The quantitative estimate of drug-likeness (QED) is 0.0357. The van der Waals surface area contributed by atoms with Crippen LogP contribution in [-0.4, -0.2) is 85.6 Å². The first-order valence-corrected chi connectivity index (χ1v) is 30.2. The maximum absolute atomic E-state index is 13.4. The van der Waals surface area contributed by atoms with E-state index in [0.29, 0.717) is 18.5 Å². The van der Waals surface area contributed by atoms with E-state index in [-0.39, 0.29) is 31.2 Å². The zero-order valence-corrected chi connectivity index (χ0v) is 47.6. The van der Waals surface area contributed by atoms with E-state index in [4.69, 9.17) is 18.9 Å². The Morgan fingerprint density at radius 2 is 0.945 bits per heavy atom. The highest BCUT2D eigenvalue weighted by Crippen LogP contribution is 2.19. The number of nitrogens with one attached hydrogen (secondary N) is 2. The van der Waals surface area contributed by atoms with Gasteiger partial charge in [-0.25, -0.2) is 13.2 Å². The highest BCUT2D eigenvalue weighted by molar-refractivity contribution is 7.91. The van der Waals surface area contributed by atoms with Gasteiger partial charge in [0.25, 0.3) is 5.91 Å². The lowest BCUT2D eigenvalue weighted by Crippen LogP contribution is -2.44. The Balaban J connectivity index is 2.75. The molecule has 420 valence electrons. The van der Waals surface area contributed by atoms with E-state index in [1.807, 2.05) is 0 Å². The van der Waals surface area contributed by atoms with Gasteiger partial charge >= 0.3 is 23.9 Å². The number of esters is 4. The van der Waals surface area contributed by atoms with Crippen LogP contribution >= 0.6 is 0 Å². The molecule has 2 N–H and O–H groups in total. The summed E-state index contributed by atoms with van der Waals surface area (Å²) >= 11 is 0. The molecule has 2 amide bonds. The lowest BCUT2D eigenvalue weighted by Gasteiger charge is -2.25. The van der Waals surface area contributed by atoms with Crippen molar-refractivity contribution in [3.05, 3.63) is 29.8 Å². The first-order chi connectivity index (χ1) is 34.6. The van der Waals surface area contributed by atoms with Crippen LogP contribution in [0.25, 0.3) is 0 Å². The molecule has 0 aliphatic carbocycles. The first kappa shape index (κ1) is 67.0. The SMILES string of the molecule is CCCCCCCCCCCCCCCC(=O)OCC(CS(=O)(=O)CCC(=O)Nc1ccc(C(=O)N[C@@H](CCC(=O)OC(C)(C)C)C(=O)OC(C)(C)C)cc1)OC(=O)CCCCCCCCCCCCCCC. The summed E-state index contributed by atoms with van der Waals surface area (Å²) < 4.78 is 48.7. The number of rotatable bonds is 43.